The van der Waals surface area contributed by atoms with Crippen LogP contribution in [-0.2, 0) is 0 Å². The van der Waals surface area contributed by atoms with Gasteiger partial charge in [0.1, 0.15) is 11.5 Å². The molecule has 0 aliphatic carbocycles. The van der Waals surface area contributed by atoms with Gasteiger partial charge in [-0.2, -0.15) is 5.10 Å². The van der Waals surface area contributed by atoms with E-state index in [9.17, 15) is 4.79 Å². The summed E-state index contributed by atoms with van der Waals surface area (Å²) in [7, 11) is 4.00. The fourth-order valence-corrected chi connectivity index (χ4v) is 4.08. The molecule has 8 nitrogen and oxygen atoms in total. The van der Waals surface area contributed by atoms with Crippen molar-refractivity contribution >= 4 is 5.91 Å². The Hall–Kier alpha value is -3.00. The first-order chi connectivity index (χ1) is 14.4. The molecular weight excluding hydrogens is 380 g/mol. The molecule has 158 valence electrons. The number of aryl methyl sites for hydroxylation is 1. The Morgan fingerprint density at radius 3 is 2.87 bits per heavy atom. The van der Waals surface area contributed by atoms with Gasteiger partial charge in [0.25, 0.3) is 11.9 Å². The van der Waals surface area contributed by atoms with Crippen LogP contribution in [0.1, 0.15) is 34.7 Å². The number of furan rings is 1. The van der Waals surface area contributed by atoms with Crippen molar-refractivity contribution in [1.29, 1.82) is 0 Å². The van der Waals surface area contributed by atoms with Crippen molar-refractivity contribution in [2.45, 2.75) is 26.7 Å². The van der Waals surface area contributed by atoms with Crippen LogP contribution in [0.25, 0.3) is 17.4 Å². The molecule has 1 atom stereocenters. The number of amides is 1. The van der Waals surface area contributed by atoms with Crippen LogP contribution in [0.2, 0.25) is 0 Å². The summed E-state index contributed by atoms with van der Waals surface area (Å²) in [5, 5.41) is 4.39. The summed E-state index contributed by atoms with van der Waals surface area (Å²) in [5.74, 6) is 2.39. The Balaban J connectivity index is 1.53. The van der Waals surface area contributed by atoms with Crippen LogP contribution in [0.5, 0.6) is 0 Å². The highest BCUT2D eigenvalue weighted by Gasteiger charge is 2.24. The third-order valence-corrected chi connectivity index (χ3v) is 5.67. The van der Waals surface area contributed by atoms with E-state index in [1.807, 2.05) is 33.0 Å². The predicted molar refractivity (Wildman–Crippen MR) is 114 cm³/mol. The molecule has 4 heterocycles. The monoisotopic (exact) mass is 408 g/mol. The lowest BCUT2D eigenvalue weighted by Crippen LogP contribution is -2.40. The average molecular weight is 409 g/mol. The summed E-state index contributed by atoms with van der Waals surface area (Å²) in [5.41, 5.74) is 1.97. The standard InChI is InChI=1S/C22H28N6O2/c1-15-7-8-20(30-15)19-9-10-23-22(25-19)28-16(2)18(12-24-28)21(29)27(4)14-17-6-5-11-26(3)13-17/h7-10,12,17H,5-6,11,13-14H2,1-4H3. The molecule has 1 fully saturated rings. The summed E-state index contributed by atoms with van der Waals surface area (Å²) in [6.45, 7) is 6.68. The van der Waals surface area contributed by atoms with Crippen molar-refractivity contribution in [3.8, 4) is 17.4 Å². The van der Waals surface area contributed by atoms with Crippen LogP contribution >= 0.6 is 0 Å². The molecule has 3 aromatic rings. The van der Waals surface area contributed by atoms with Gasteiger partial charge in [-0.15, -0.1) is 0 Å². The molecular formula is C22H28N6O2. The van der Waals surface area contributed by atoms with E-state index in [-0.39, 0.29) is 5.91 Å². The van der Waals surface area contributed by atoms with Gasteiger partial charge in [-0.05, 0) is 64.4 Å². The van der Waals surface area contributed by atoms with E-state index >= 15 is 0 Å². The molecule has 0 radical (unpaired) electrons. The molecule has 1 unspecified atom stereocenters. The highest BCUT2D eigenvalue weighted by atomic mass is 16.3. The van der Waals surface area contributed by atoms with E-state index in [1.165, 1.54) is 6.42 Å². The average Bonchev–Trinajstić information content (AvgIpc) is 3.33. The van der Waals surface area contributed by atoms with E-state index in [0.29, 0.717) is 28.9 Å². The zero-order chi connectivity index (χ0) is 21.3. The third kappa shape index (κ3) is 4.14. The number of rotatable bonds is 5. The normalized spacial score (nSPS) is 17.3. The quantitative estimate of drug-likeness (QED) is 0.646. The lowest BCUT2D eigenvalue weighted by molar-refractivity contribution is 0.0740. The Morgan fingerprint density at radius 1 is 1.30 bits per heavy atom. The first-order valence-corrected chi connectivity index (χ1v) is 10.3. The van der Waals surface area contributed by atoms with Gasteiger partial charge in [-0.3, -0.25) is 4.79 Å². The summed E-state index contributed by atoms with van der Waals surface area (Å²) in [6, 6.07) is 5.57. The van der Waals surface area contributed by atoms with Crippen molar-refractivity contribution in [3.63, 3.8) is 0 Å². The van der Waals surface area contributed by atoms with E-state index in [4.69, 9.17) is 4.42 Å². The minimum absolute atomic E-state index is 0.0233. The Kier molecular flexibility index (Phi) is 5.67. The van der Waals surface area contributed by atoms with Crippen molar-refractivity contribution in [2.75, 3.05) is 33.7 Å². The van der Waals surface area contributed by atoms with E-state index in [0.717, 1.165) is 37.5 Å². The van der Waals surface area contributed by atoms with Crippen molar-refractivity contribution < 1.29 is 9.21 Å². The van der Waals surface area contributed by atoms with Gasteiger partial charge in [0.2, 0.25) is 0 Å². The van der Waals surface area contributed by atoms with E-state index in [1.54, 1.807) is 28.0 Å². The van der Waals surface area contributed by atoms with Crippen LogP contribution in [0.4, 0.5) is 0 Å². The van der Waals surface area contributed by atoms with Crippen molar-refractivity contribution in [1.82, 2.24) is 29.5 Å². The maximum Gasteiger partial charge on any atom is 0.257 e. The zero-order valence-corrected chi connectivity index (χ0v) is 18.0. The van der Waals surface area contributed by atoms with Gasteiger partial charge in [-0.1, -0.05) is 0 Å². The molecule has 3 aromatic heterocycles. The minimum atomic E-state index is -0.0233. The van der Waals surface area contributed by atoms with Crippen LogP contribution in [0.3, 0.4) is 0 Å². The number of carbonyl (C=O) groups is 1. The number of nitrogens with zero attached hydrogens (tertiary/aromatic N) is 6. The number of hydrogen-bond acceptors (Lipinski definition) is 6. The molecule has 1 aliphatic rings. The lowest BCUT2D eigenvalue weighted by Gasteiger charge is -2.32. The minimum Gasteiger partial charge on any atom is -0.460 e. The maximum absolute atomic E-state index is 13.1. The zero-order valence-electron chi connectivity index (χ0n) is 18.0. The summed E-state index contributed by atoms with van der Waals surface area (Å²) in [6.07, 6.45) is 5.62. The van der Waals surface area contributed by atoms with E-state index in [2.05, 4.69) is 27.0 Å². The summed E-state index contributed by atoms with van der Waals surface area (Å²) < 4.78 is 7.27. The molecule has 0 saturated carbocycles. The number of carbonyl (C=O) groups excluding carboxylic acids is 1. The Bertz CT molecular complexity index is 1040. The molecule has 4 rings (SSSR count). The number of piperidine rings is 1. The number of aromatic nitrogens is 4. The highest BCUT2D eigenvalue weighted by molar-refractivity contribution is 5.95. The first-order valence-electron chi connectivity index (χ1n) is 10.3. The van der Waals surface area contributed by atoms with Gasteiger partial charge in [0.05, 0.1) is 17.5 Å². The largest absolute Gasteiger partial charge is 0.460 e. The van der Waals surface area contributed by atoms with Crippen LogP contribution in [0, 0.1) is 19.8 Å². The molecule has 0 aromatic carbocycles. The van der Waals surface area contributed by atoms with Crippen molar-refractivity contribution in [3.05, 3.63) is 47.6 Å². The Morgan fingerprint density at radius 2 is 2.13 bits per heavy atom. The molecule has 1 aliphatic heterocycles. The highest BCUT2D eigenvalue weighted by Crippen LogP contribution is 2.22. The van der Waals surface area contributed by atoms with Crippen molar-refractivity contribution in [2.24, 2.45) is 5.92 Å². The first kappa shape index (κ1) is 20.3. The summed E-state index contributed by atoms with van der Waals surface area (Å²) in [4.78, 5) is 26.1. The second-order valence-corrected chi connectivity index (χ2v) is 8.16. The smallest absolute Gasteiger partial charge is 0.257 e. The second kappa shape index (κ2) is 8.39. The van der Waals surface area contributed by atoms with Gasteiger partial charge >= 0.3 is 0 Å². The fourth-order valence-electron chi connectivity index (χ4n) is 4.08. The van der Waals surface area contributed by atoms with Gasteiger partial charge in [0, 0.05) is 26.3 Å². The van der Waals surface area contributed by atoms with Crippen LogP contribution < -0.4 is 0 Å². The lowest BCUT2D eigenvalue weighted by atomic mass is 9.98. The predicted octanol–water partition coefficient (Wildman–Crippen LogP) is 2.95. The van der Waals surface area contributed by atoms with Crippen LogP contribution in [-0.4, -0.2) is 69.2 Å². The molecule has 8 heteroatoms. The molecule has 0 N–H and O–H groups in total. The molecule has 0 bridgehead atoms. The van der Waals surface area contributed by atoms with E-state index < -0.39 is 0 Å². The number of hydrogen-bond donors (Lipinski definition) is 0. The maximum atomic E-state index is 13.1. The number of likely N-dealkylation sites (tertiary alicyclic amines) is 1. The third-order valence-electron chi connectivity index (χ3n) is 5.67. The second-order valence-electron chi connectivity index (χ2n) is 8.16. The van der Waals surface area contributed by atoms with Crippen LogP contribution in [0.15, 0.2) is 35.0 Å². The SMILES string of the molecule is Cc1ccc(-c2ccnc(-n3ncc(C(=O)N(C)CC4CCCN(C)C4)c3C)n2)o1. The topological polar surface area (TPSA) is 80.3 Å². The van der Waals surface area contributed by atoms with Gasteiger partial charge < -0.3 is 14.2 Å². The fraction of sp³-hybridized carbons (Fsp3) is 0.455. The molecule has 0 spiro atoms. The summed E-state index contributed by atoms with van der Waals surface area (Å²) >= 11 is 0. The molecule has 1 amide bonds. The molecule has 30 heavy (non-hydrogen) atoms. The Labute approximate surface area is 176 Å². The van der Waals surface area contributed by atoms with Gasteiger partial charge in [-0.25, -0.2) is 14.6 Å². The van der Waals surface area contributed by atoms with Gasteiger partial charge in [0.15, 0.2) is 5.76 Å². The molecule has 1 saturated heterocycles.